The van der Waals surface area contributed by atoms with E-state index in [-0.39, 0.29) is 4.90 Å². The zero-order valence-electron chi connectivity index (χ0n) is 11.5. The van der Waals surface area contributed by atoms with Gasteiger partial charge in [-0.15, -0.1) is 0 Å². The summed E-state index contributed by atoms with van der Waals surface area (Å²) in [5, 5.41) is 2.88. The lowest BCUT2D eigenvalue weighted by Crippen LogP contribution is -2.35. The molecule has 116 valence electrons. The van der Waals surface area contributed by atoms with Crippen LogP contribution in [0.1, 0.15) is 19.0 Å². The average molecular weight is 313 g/mol. The maximum Gasteiger partial charge on any atom is 0.390 e. The van der Waals surface area contributed by atoms with Gasteiger partial charge in [0.05, 0.1) is 11.3 Å². The first kappa shape index (κ1) is 17.0. The number of hydrogen-bond donors (Lipinski definition) is 2. The van der Waals surface area contributed by atoms with Crippen LogP contribution in [0.25, 0.3) is 0 Å². The van der Waals surface area contributed by atoms with Gasteiger partial charge in [-0.3, -0.25) is 0 Å². The van der Waals surface area contributed by atoms with Crippen molar-refractivity contribution in [3.63, 3.8) is 0 Å². The van der Waals surface area contributed by atoms with Gasteiger partial charge in [-0.25, -0.2) is 13.1 Å². The van der Waals surface area contributed by atoms with Crippen LogP contribution in [0.5, 0.6) is 0 Å². The molecule has 1 unspecified atom stereocenters. The molecule has 0 aliphatic heterocycles. The molecule has 5 nitrogen and oxygen atoms in total. The molecule has 1 aromatic heterocycles. The Morgan fingerprint density at radius 2 is 2.00 bits per heavy atom. The number of halogens is 3. The van der Waals surface area contributed by atoms with Crippen LogP contribution in [-0.2, 0) is 23.6 Å². The Hall–Kier alpha value is -1.06. The number of aromatic nitrogens is 1. The van der Waals surface area contributed by atoms with Gasteiger partial charge in [0.15, 0.2) is 0 Å². The Morgan fingerprint density at radius 3 is 2.50 bits per heavy atom. The molecule has 0 fully saturated rings. The van der Waals surface area contributed by atoms with E-state index in [1.54, 1.807) is 18.7 Å². The summed E-state index contributed by atoms with van der Waals surface area (Å²) in [6.07, 6.45) is -4.24. The van der Waals surface area contributed by atoms with Crippen molar-refractivity contribution in [2.45, 2.75) is 37.0 Å². The summed E-state index contributed by atoms with van der Waals surface area (Å²) in [5.74, 6) is 0. The second kappa shape index (κ2) is 6.15. The average Bonchev–Trinajstić information content (AvgIpc) is 2.57. The number of aryl methyl sites for hydroxylation is 1. The monoisotopic (exact) mass is 313 g/mol. The molecular weight excluding hydrogens is 295 g/mol. The molecule has 20 heavy (non-hydrogen) atoms. The van der Waals surface area contributed by atoms with Crippen LogP contribution < -0.4 is 10.0 Å². The molecule has 9 heteroatoms. The smallest absolute Gasteiger partial charge is 0.352 e. The Balaban J connectivity index is 2.86. The van der Waals surface area contributed by atoms with Crippen LogP contribution >= 0.6 is 0 Å². The van der Waals surface area contributed by atoms with Gasteiger partial charge in [0.1, 0.15) is 0 Å². The number of sulfonamides is 1. The first-order valence-electron chi connectivity index (χ1n) is 5.94. The maximum atomic E-state index is 12.2. The fraction of sp³-hybridized carbons (Fsp3) is 0.636. The van der Waals surface area contributed by atoms with Gasteiger partial charge in [-0.2, -0.15) is 13.2 Å². The predicted octanol–water partition coefficient (Wildman–Crippen LogP) is 1.36. The fourth-order valence-corrected chi connectivity index (χ4v) is 3.14. The van der Waals surface area contributed by atoms with Crippen molar-refractivity contribution in [1.29, 1.82) is 0 Å². The van der Waals surface area contributed by atoms with Gasteiger partial charge in [-0.05, 0) is 20.0 Å². The molecule has 0 aromatic carbocycles. The zero-order valence-corrected chi connectivity index (χ0v) is 12.3. The SMILES string of the molecule is CNCc1cc(S(=O)(=O)NC(C)CC(F)(F)F)cn1C. The normalized spacial score (nSPS) is 14.5. The molecule has 0 saturated carbocycles. The lowest BCUT2D eigenvalue weighted by Gasteiger charge is -2.15. The highest BCUT2D eigenvalue weighted by Gasteiger charge is 2.32. The van der Waals surface area contributed by atoms with E-state index in [4.69, 9.17) is 0 Å². The fourth-order valence-electron chi connectivity index (χ4n) is 1.80. The summed E-state index contributed by atoms with van der Waals surface area (Å²) < 4.78 is 64.2. The number of alkyl halides is 3. The molecule has 1 atom stereocenters. The van der Waals surface area contributed by atoms with Gasteiger partial charge >= 0.3 is 6.18 Å². The molecule has 0 aliphatic rings. The Morgan fingerprint density at radius 1 is 1.40 bits per heavy atom. The van der Waals surface area contributed by atoms with Crippen molar-refractivity contribution >= 4 is 10.0 Å². The van der Waals surface area contributed by atoms with Crippen LogP contribution in [0.2, 0.25) is 0 Å². The molecule has 0 bridgehead atoms. The molecule has 2 N–H and O–H groups in total. The molecule has 0 aliphatic carbocycles. The van der Waals surface area contributed by atoms with E-state index >= 15 is 0 Å². The van der Waals surface area contributed by atoms with Crippen LogP contribution in [-0.4, -0.2) is 32.3 Å². The topological polar surface area (TPSA) is 63.1 Å². The van der Waals surface area contributed by atoms with E-state index in [1.807, 2.05) is 4.72 Å². The first-order chi connectivity index (χ1) is 9.05. The summed E-state index contributed by atoms with van der Waals surface area (Å²) in [6, 6.07) is 0.215. The molecule has 0 amide bonds. The van der Waals surface area contributed by atoms with Crippen molar-refractivity contribution in [3.8, 4) is 0 Å². The minimum absolute atomic E-state index is 0.0423. The van der Waals surface area contributed by atoms with E-state index in [0.717, 1.165) is 5.69 Å². The highest BCUT2D eigenvalue weighted by Crippen LogP contribution is 2.22. The lowest BCUT2D eigenvalue weighted by molar-refractivity contribution is -0.137. The third-order valence-electron chi connectivity index (χ3n) is 2.64. The van der Waals surface area contributed by atoms with Crippen molar-refractivity contribution in [2.24, 2.45) is 7.05 Å². The largest absolute Gasteiger partial charge is 0.390 e. The summed E-state index contributed by atoms with van der Waals surface area (Å²) in [4.78, 5) is -0.0423. The van der Waals surface area contributed by atoms with Crippen molar-refractivity contribution < 1.29 is 21.6 Å². The van der Waals surface area contributed by atoms with Gasteiger partial charge < -0.3 is 9.88 Å². The van der Waals surface area contributed by atoms with Gasteiger partial charge in [-0.1, -0.05) is 0 Å². The van der Waals surface area contributed by atoms with Gasteiger partial charge in [0.25, 0.3) is 0 Å². The van der Waals surface area contributed by atoms with Crippen molar-refractivity contribution in [1.82, 2.24) is 14.6 Å². The predicted molar refractivity (Wildman–Crippen MR) is 68.6 cm³/mol. The minimum atomic E-state index is -4.41. The summed E-state index contributed by atoms with van der Waals surface area (Å²) in [6.45, 7) is 1.65. The van der Waals surface area contributed by atoms with Crippen molar-refractivity contribution in [2.75, 3.05) is 7.05 Å². The molecule has 1 rings (SSSR count). The molecule has 0 radical (unpaired) electrons. The quantitative estimate of drug-likeness (QED) is 0.834. The Kier molecular flexibility index (Phi) is 5.22. The third-order valence-corrected chi connectivity index (χ3v) is 4.20. The first-order valence-corrected chi connectivity index (χ1v) is 7.42. The summed E-state index contributed by atoms with van der Waals surface area (Å²) in [7, 11) is -0.566. The zero-order chi connectivity index (χ0) is 15.6. The molecule has 0 spiro atoms. The molecular formula is C11H18F3N3O2S. The second-order valence-electron chi connectivity index (χ2n) is 4.65. The summed E-state index contributed by atoms with van der Waals surface area (Å²) >= 11 is 0. The minimum Gasteiger partial charge on any atom is -0.352 e. The van der Waals surface area contributed by atoms with Crippen LogP contribution in [0, 0.1) is 0 Å². The van der Waals surface area contributed by atoms with Crippen molar-refractivity contribution in [3.05, 3.63) is 18.0 Å². The number of nitrogens with zero attached hydrogens (tertiary/aromatic N) is 1. The molecule has 0 saturated heterocycles. The number of hydrogen-bond acceptors (Lipinski definition) is 3. The van der Waals surface area contributed by atoms with Gasteiger partial charge in [0.2, 0.25) is 10.0 Å². The van der Waals surface area contributed by atoms with Crippen LogP contribution in [0.15, 0.2) is 17.2 Å². The third kappa shape index (κ3) is 4.80. The van der Waals surface area contributed by atoms with E-state index in [2.05, 4.69) is 5.32 Å². The maximum absolute atomic E-state index is 12.2. The standard InChI is InChI=1S/C11H18F3N3O2S/c1-8(5-11(12,13)14)16-20(18,19)10-4-9(6-15-2)17(3)7-10/h4,7-8,15-16H,5-6H2,1-3H3. The molecule has 1 aromatic rings. The summed E-state index contributed by atoms with van der Waals surface area (Å²) in [5.41, 5.74) is 0.719. The highest BCUT2D eigenvalue weighted by atomic mass is 32.2. The highest BCUT2D eigenvalue weighted by molar-refractivity contribution is 7.89. The van der Waals surface area contributed by atoms with E-state index in [0.29, 0.717) is 6.54 Å². The number of rotatable bonds is 6. The van der Waals surface area contributed by atoms with E-state index < -0.39 is 28.7 Å². The van der Waals surface area contributed by atoms with Crippen LogP contribution in [0.3, 0.4) is 0 Å². The van der Waals surface area contributed by atoms with E-state index in [9.17, 15) is 21.6 Å². The van der Waals surface area contributed by atoms with Crippen LogP contribution in [0.4, 0.5) is 13.2 Å². The Bertz CT molecular complexity index is 552. The molecule has 1 heterocycles. The van der Waals surface area contributed by atoms with Gasteiger partial charge in [0, 0.05) is 31.5 Å². The number of nitrogens with one attached hydrogen (secondary N) is 2. The lowest BCUT2D eigenvalue weighted by atomic mass is 10.2. The Labute approximate surface area is 116 Å². The van der Waals surface area contributed by atoms with E-state index in [1.165, 1.54) is 19.2 Å². The second-order valence-corrected chi connectivity index (χ2v) is 6.36.